The SMILES string of the molecule is N#Cc1ccc(OC2CCCC(=O)C2)cc1. The van der Waals surface area contributed by atoms with Crippen LogP contribution in [-0.2, 0) is 4.79 Å². The second-order valence-electron chi connectivity index (χ2n) is 4.01. The van der Waals surface area contributed by atoms with Crippen LogP contribution in [0.25, 0.3) is 0 Å². The van der Waals surface area contributed by atoms with Crippen molar-refractivity contribution in [1.29, 1.82) is 5.26 Å². The maximum atomic E-state index is 11.2. The van der Waals surface area contributed by atoms with E-state index in [-0.39, 0.29) is 11.9 Å². The Hall–Kier alpha value is -1.82. The average molecular weight is 215 g/mol. The number of carbonyl (C=O) groups excluding carboxylic acids is 1. The van der Waals surface area contributed by atoms with Crippen LogP contribution in [0.1, 0.15) is 31.2 Å². The van der Waals surface area contributed by atoms with Gasteiger partial charge in [-0.05, 0) is 37.1 Å². The normalized spacial score (nSPS) is 20.2. The number of nitriles is 1. The highest BCUT2D eigenvalue weighted by Crippen LogP contribution is 2.21. The summed E-state index contributed by atoms with van der Waals surface area (Å²) in [6, 6.07) is 9.05. The number of ether oxygens (including phenoxy) is 1. The Kier molecular flexibility index (Phi) is 3.21. The number of rotatable bonds is 2. The van der Waals surface area contributed by atoms with Gasteiger partial charge in [0.25, 0.3) is 0 Å². The first-order chi connectivity index (χ1) is 7.78. The first-order valence-electron chi connectivity index (χ1n) is 5.46. The van der Waals surface area contributed by atoms with E-state index in [4.69, 9.17) is 10.00 Å². The van der Waals surface area contributed by atoms with Crippen LogP contribution in [0.15, 0.2) is 24.3 Å². The van der Waals surface area contributed by atoms with Gasteiger partial charge in [0.05, 0.1) is 11.6 Å². The summed E-state index contributed by atoms with van der Waals surface area (Å²) in [5.74, 6) is 1.02. The molecule has 0 aromatic heterocycles. The number of nitrogens with zero attached hydrogens (tertiary/aromatic N) is 1. The Balaban J connectivity index is 1.98. The molecule has 3 nitrogen and oxygen atoms in total. The molecule has 16 heavy (non-hydrogen) atoms. The maximum absolute atomic E-state index is 11.2. The van der Waals surface area contributed by atoms with E-state index in [2.05, 4.69) is 6.07 Å². The Bertz CT molecular complexity index is 417. The number of hydrogen-bond acceptors (Lipinski definition) is 3. The van der Waals surface area contributed by atoms with Crippen molar-refractivity contribution in [2.24, 2.45) is 0 Å². The highest BCUT2D eigenvalue weighted by molar-refractivity contribution is 5.79. The van der Waals surface area contributed by atoms with E-state index in [1.54, 1.807) is 24.3 Å². The van der Waals surface area contributed by atoms with Gasteiger partial charge in [-0.1, -0.05) is 0 Å². The van der Waals surface area contributed by atoms with Crippen LogP contribution < -0.4 is 4.74 Å². The van der Waals surface area contributed by atoms with E-state index in [0.717, 1.165) is 18.6 Å². The van der Waals surface area contributed by atoms with Crippen molar-refractivity contribution >= 4 is 5.78 Å². The Labute approximate surface area is 94.6 Å². The second-order valence-corrected chi connectivity index (χ2v) is 4.01. The lowest BCUT2D eigenvalue weighted by atomic mass is 9.96. The lowest BCUT2D eigenvalue weighted by molar-refractivity contribution is -0.122. The molecule has 2 rings (SSSR count). The minimum absolute atomic E-state index is 0.00851. The molecule has 0 spiro atoms. The van der Waals surface area contributed by atoms with E-state index in [1.165, 1.54) is 0 Å². The molecule has 82 valence electrons. The predicted octanol–water partition coefficient (Wildman–Crippen LogP) is 2.45. The van der Waals surface area contributed by atoms with Gasteiger partial charge in [-0.3, -0.25) is 4.79 Å². The molecule has 1 fully saturated rings. The molecule has 0 heterocycles. The third-order valence-corrected chi connectivity index (χ3v) is 2.72. The van der Waals surface area contributed by atoms with Crippen LogP contribution >= 0.6 is 0 Å². The fraction of sp³-hybridized carbons (Fsp3) is 0.385. The number of hydrogen-bond donors (Lipinski definition) is 0. The Morgan fingerprint density at radius 2 is 2.06 bits per heavy atom. The lowest BCUT2D eigenvalue weighted by Gasteiger charge is -2.22. The molecule has 0 aliphatic heterocycles. The molecule has 0 saturated heterocycles. The molecule has 0 N–H and O–H groups in total. The molecule has 1 unspecified atom stereocenters. The van der Waals surface area contributed by atoms with Gasteiger partial charge >= 0.3 is 0 Å². The Morgan fingerprint density at radius 1 is 1.31 bits per heavy atom. The van der Waals surface area contributed by atoms with Crippen molar-refractivity contribution in [3.8, 4) is 11.8 Å². The molecule has 0 bridgehead atoms. The van der Waals surface area contributed by atoms with E-state index in [9.17, 15) is 4.79 Å². The molecule has 3 heteroatoms. The van der Waals surface area contributed by atoms with Crippen molar-refractivity contribution in [3.05, 3.63) is 29.8 Å². The number of ketones is 1. The minimum atomic E-state index is 0.00851. The number of benzene rings is 1. The summed E-state index contributed by atoms with van der Waals surface area (Å²) in [5.41, 5.74) is 0.618. The van der Waals surface area contributed by atoms with Gasteiger partial charge in [0, 0.05) is 12.8 Å². The van der Waals surface area contributed by atoms with E-state index >= 15 is 0 Å². The standard InChI is InChI=1S/C13H13NO2/c14-9-10-4-6-12(7-5-10)16-13-3-1-2-11(15)8-13/h4-7,13H,1-3,8H2. The van der Waals surface area contributed by atoms with Gasteiger partial charge in [-0.15, -0.1) is 0 Å². The van der Waals surface area contributed by atoms with Gasteiger partial charge in [-0.2, -0.15) is 5.26 Å². The summed E-state index contributed by atoms with van der Waals surface area (Å²) < 4.78 is 5.69. The lowest BCUT2D eigenvalue weighted by Crippen LogP contribution is -2.25. The van der Waals surface area contributed by atoms with Gasteiger partial charge in [0.15, 0.2) is 0 Å². The van der Waals surface area contributed by atoms with Crippen LogP contribution in [-0.4, -0.2) is 11.9 Å². The molecule has 0 radical (unpaired) electrons. The summed E-state index contributed by atoms with van der Waals surface area (Å²) in [6.45, 7) is 0. The van der Waals surface area contributed by atoms with E-state index in [0.29, 0.717) is 18.4 Å². The zero-order chi connectivity index (χ0) is 11.4. The Morgan fingerprint density at radius 3 is 2.69 bits per heavy atom. The monoisotopic (exact) mass is 215 g/mol. The summed E-state index contributed by atoms with van der Waals surface area (Å²) in [6.07, 6.45) is 3.06. The van der Waals surface area contributed by atoms with Crippen molar-refractivity contribution in [1.82, 2.24) is 0 Å². The van der Waals surface area contributed by atoms with Crippen LogP contribution in [0, 0.1) is 11.3 Å². The number of Topliss-reactive ketones (excluding diaryl/α,β-unsaturated/α-hetero) is 1. The van der Waals surface area contributed by atoms with Crippen LogP contribution in [0.5, 0.6) is 5.75 Å². The highest BCUT2D eigenvalue weighted by atomic mass is 16.5. The zero-order valence-electron chi connectivity index (χ0n) is 8.98. The molecule has 1 aromatic rings. The second kappa shape index (κ2) is 4.80. The van der Waals surface area contributed by atoms with Gasteiger partial charge in [0.2, 0.25) is 0 Å². The first kappa shape index (κ1) is 10.7. The first-order valence-corrected chi connectivity index (χ1v) is 5.46. The predicted molar refractivity (Wildman–Crippen MR) is 59.0 cm³/mol. The minimum Gasteiger partial charge on any atom is -0.490 e. The molecule has 1 aromatic carbocycles. The van der Waals surface area contributed by atoms with Crippen LogP contribution in [0.3, 0.4) is 0 Å². The average Bonchev–Trinajstić information content (AvgIpc) is 2.30. The summed E-state index contributed by atoms with van der Waals surface area (Å²) >= 11 is 0. The fourth-order valence-corrected chi connectivity index (χ4v) is 1.89. The van der Waals surface area contributed by atoms with Gasteiger partial charge in [0.1, 0.15) is 17.6 Å². The molecular weight excluding hydrogens is 202 g/mol. The smallest absolute Gasteiger partial charge is 0.136 e. The summed E-state index contributed by atoms with van der Waals surface area (Å²) in [4.78, 5) is 11.2. The van der Waals surface area contributed by atoms with E-state index < -0.39 is 0 Å². The van der Waals surface area contributed by atoms with Crippen LogP contribution in [0.4, 0.5) is 0 Å². The third-order valence-electron chi connectivity index (χ3n) is 2.72. The summed E-state index contributed by atoms with van der Waals surface area (Å²) in [7, 11) is 0. The fourth-order valence-electron chi connectivity index (χ4n) is 1.89. The van der Waals surface area contributed by atoms with Gasteiger partial charge in [-0.25, -0.2) is 0 Å². The number of carbonyl (C=O) groups is 1. The maximum Gasteiger partial charge on any atom is 0.136 e. The van der Waals surface area contributed by atoms with Crippen molar-refractivity contribution in [2.45, 2.75) is 31.8 Å². The van der Waals surface area contributed by atoms with Crippen molar-refractivity contribution < 1.29 is 9.53 Å². The molecule has 1 aliphatic rings. The molecule has 1 aliphatic carbocycles. The molecule has 1 atom stereocenters. The highest BCUT2D eigenvalue weighted by Gasteiger charge is 2.20. The molecular formula is C13H13NO2. The van der Waals surface area contributed by atoms with Crippen LogP contribution in [0.2, 0.25) is 0 Å². The largest absolute Gasteiger partial charge is 0.490 e. The third kappa shape index (κ3) is 2.60. The summed E-state index contributed by atoms with van der Waals surface area (Å²) in [5, 5.41) is 8.65. The molecule has 0 amide bonds. The van der Waals surface area contributed by atoms with Crippen molar-refractivity contribution in [2.75, 3.05) is 0 Å². The van der Waals surface area contributed by atoms with E-state index in [1.807, 2.05) is 0 Å². The topological polar surface area (TPSA) is 50.1 Å². The quantitative estimate of drug-likeness (QED) is 0.761. The van der Waals surface area contributed by atoms with Gasteiger partial charge < -0.3 is 4.74 Å². The van der Waals surface area contributed by atoms with Crippen molar-refractivity contribution in [3.63, 3.8) is 0 Å². The zero-order valence-corrected chi connectivity index (χ0v) is 8.98. The molecule has 1 saturated carbocycles.